The highest BCUT2D eigenvalue weighted by Gasteiger charge is 2.24. The van der Waals surface area contributed by atoms with Crippen molar-refractivity contribution in [2.24, 2.45) is 0 Å². The fraction of sp³-hybridized carbons (Fsp3) is 0.300. The number of carbonyl (C=O) groups excluding carboxylic acids is 1. The molecule has 0 N–H and O–H groups in total. The standard InChI is InChI=1S/C10H8BrF2NO4/c1-5(15)9(11)7-4-6(18-10(12)13)2-3-8(7)14(16)17/h2-4,9-10H,1H3. The molecule has 0 aliphatic rings. The number of nitro groups is 1. The Morgan fingerprint density at radius 3 is 2.56 bits per heavy atom. The molecule has 0 radical (unpaired) electrons. The van der Waals surface area contributed by atoms with Gasteiger partial charge in [0.1, 0.15) is 16.4 Å². The first-order valence-electron chi connectivity index (χ1n) is 4.70. The molecule has 5 nitrogen and oxygen atoms in total. The predicted octanol–water partition coefficient (Wildman–Crippen LogP) is 3.22. The van der Waals surface area contributed by atoms with E-state index in [0.717, 1.165) is 18.2 Å². The third-order valence-corrected chi connectivity index (χ3v) is 3.19. The largest absolute Gasteiger partial charge is 0.435 e. The van der Waals surface area contributed by atoms with Crippen LogP contribution in [0, 0.1) is 10.1 Å². The molecule has 1 aromatic carbocycles. The van der Waals surface area contributed by atoms with Crippen molar-refractivity contribution in [1.29, 1.82) is 0 Å². The summed E-state index contributed by atoms with van der Waals surface area (Å²) in [6.45, 7) is -1.81. The second kappa shape index (κ2) is 5.85. The van der Waals surface area contributed by atoms with Crippen molar-refractivity contribution in [3.8, 4) is 5.75 Å². The number of hydrogen-bond acceptors (Lipinski definition) is 4. The molecule has 0 saturated heterocycles. The van der Waals surface area contributed by atoms with E-state index in [2.05, 4.69) is 20.7 Å². The van der Waals surface area contributed by atoms with Crippen molar-refractivity contribution in [3.63, 3.8) is 0 Å². The molecule has 0 aliphatic carbocycles. The number of alkyl halides is 3. The summed E-state index contributed by atoms with van der Waals surface area (Å²) < 4.78 is 28.2. The van der Waals surface area contributed by atoms with E-state index in [1.165, 1.54) is 6.92 Å². The summed E-state index contributed by atoms with van der Waals surface area (Å²) >= 11 is 2.97. The lowest BCUT2D eigenvalue weighted by Crippen LogP contribution is -2.07. The number of Topliss-reactive ketones (excluding diaryl/α,β-unsaturated/α-hetero) is 1. The van der Waals surface area contributed by atoms with E-state index in [9.17, 15) is 23.7 Å². The molecule has 1 unspecified atom stereocenters. The summed E-state index contributed by atoms with van der Waals surface area (Å²) in [5.74, 6) is -0.622. The first-order chi connectivity index (χ1) is 8.32. The number of carbonyl (C=O) groups is 1. The van der Waals surface area contributed by atoms with Gasteiger partial charge in [-0.05, 0) is 19.1 Å². The predicted molar refractivity (Wildman–Crippen MR) is 62.1 cm³/mol. The number of halogens is 3. The smallest absolute Gasteiger partial charge is 0.387 e. The third-order valence-electron chi connectivity index (χ3n) is 2.05. The fourth-order valence-corrected chi connectivity index (χ4v) is 1.66. The molecule has 1 atom stereocenters. The molecule has 0 aliphatic heterocycles. The normalized spacial score (nSPS) is 12.3. The van der Waals surface area contributed by atoms with Crippen LogP contribution < -0.4 is 4.74 Å². The lowest BCUT2D eigenvalue weighted by molar-refractivity contribution is -0.385. The van der Waals surface area contributed by atoms with Crippen LogP contribution in [0.2, 0.25) is 0 Å². The van der Waals surface area contributed by atoms with Crippen molar-refractivity contribution in [3.05, 3.63) is 33.9 Å². The van der Waals surface area contributed by atoms with Gasteiger partial charge >= 0.3 is 6.61 Å². The maximum absolute atomic E-state index is 12.0. The lowest BCUT2D eigenvalue weighted by Gasteiger charge is -2.10. The summed E-state index contributed by atoms with van der Waals surface area (Å²) in [7, 11) is 0. The second-order valence-electron chi connectivity index (χ2n) is 3.33. The summed E-state index contributed by atoms with van der Waals surface area (Å²) in [6.07, 6.45) is 0. The van der Waals surface area contributed by atoms with E-state index in [4.69, 9.17) is 0 Å². The van der Waals surface area contributed by atoms with Crippen LogP contribution in [-0.2, 0) is 4.79 Å². The van der Waals surface area contributed by atoms with Crippen molar-refractivity contribution >= 4 is 27.4 Å². The van der Waals surface area contributed by atoms with Crippen molar-refractivity contribution in [2.75, 3.05) is 0 Å². The minimum atomic E-state index is -3.04. The van der Waals surface area contributed by atoms with Crippen LogP contribution in [0.25, 0.3) is 0 Å². The van der Waals surface area contributed by atoms with Crippen molar-refractivity contribution < 1.29 is 23.2 Å². The number of benzene rings is 1. The monoisotopic (exact) mass is 323 g/mol. The van der Waals surface area contributed by atoms with E-state index >= 15 is 0 Å². The number of ether oxygens (including phenoxy) is 1. The van der Waals surface area contributed by atoms with Crippen LogP contribution in [0.1, 0.15) is 17.3 Å². The molecule has 0 heterocycles. The maximum atomic E-state index is 12.0. The SMILES string of the molecule is CC(=O)C(Br)c1cc(OC(F)F)ccc1[N+](=O)[O-]. The minimum absolute atomic E-state index is 0.0225. The van der Waals surface area contributed by atoms with Gasteiger partial charge in [-0.15, -0.1) is 0 Å². The maximum Gasteiger partial charge on any atom is 0.387 e. The lowest BCUT2D eigenvalue weighted by atomic mass is 10.1. The Bertz CT molecular complexity index is 481. The first kappa shape index (κ1) is 14.5. The van der Waals surface area contributed by atoms with Crippen molar-refractivity contribution in [2.45, 2.75) is 18.4 Å². The van der Waals surface area contributed by atoms with E-state index < -0.39 is 16.4 Å². The van der Waals surface area contributed by atoms with Crippen LogP contribution in [-0.4, -0.2) is 17.3 Å². The zero-order valence-electron chi connectivity index (χ0n) is 9.10. The number of rotatable bonds is 5. The molecule has 0 aromatic heterocycles. The molecule has 18 heavy (non-hydrogen) atoms. The molecule has 0 saturated carbocycles. The van der Waals surface area contributed by atoms with E-state index in [0.29, 0.717) is 0 Å². The molecule has 0 fully saturated rings. The highest BCUT2D eigenvalue weighted by Crippen LogP contribution is 2.34. The topological polar surface area (TPSA) is 69.4 Å². The number of nitro benzene ring substituents is 1. The van der Waals surface area contributed by atoms with E-state index in [1.54, 1.807) is 0 Å². The summed E-state index contributed by atoms with van der Waals surface area (Å²) in [6, 6.07) is 3.11. The molecule has 8 heteroatoms. The van der Waals surface area contributed by atoms with Gasteiger partial charge in [0.2, 0.25) is 0 Å². The number of ketones is 1. The quantitative estimate of drug-likeness (QED) is 0.474. The zero-order valence-corrected chi connectivity index (χ0v) is 10.7. The van der Waals surface area contributed by atoms with Crippen molar-refractivity contribution in [1.82, 2.24) is 0 Å². The molecular formula is C10H8BrF2NO4. The third kappa shape index (κ3) is 3.46. The van der Waals surface area contributed by atoms with Gasteiger partial charge in [0.05, 0.1) is 10.5 Å². The molecule has 0 bridgehead atoms. The highest BCUT2D eigenvalue weighted by atomic mass is 79.9. The molecule has 98 valence electrons. The average Bonchev–Trinajstić information content (AvgIpc) is 2.26. The van der Waals surface area contributed by atoms with Gasteiger partial charge in [-0.1, -0.05) is 15.9 Å². The van der Waals surface area contributed by atoms with Gasteiger partial charge < -0.3 is 4.74 Å². The van der Waals surface area contributed by atoms with Crippen LogP contribution in [0.5, 0.6) is 5.75 Å². The Labute approximate surface area is 109 Å². The second-order valence-corrected chi connectivity index (χ2v) is 4.25. The minimum Gasteiger partial charge on any atom is -0.435 e. The van der Waals surface area contributed by atoms with Gasteiger partial charge in [0, 0.05) is 6.07 Å². The summed E-state index contributed by atoms with van der Waals surface area (Å²) in [4.78, 5) is 20.3. The van der Waals surface area contributed by atoms with Crippen LogP contribution in [0.3, 0.4) is 0 Å². The van der Waals surface area contributed by atoms with Gasteiger partial charge in [0.25, 0.3) is 5.69 Å². The summed E-state index contributed by atoms with van der Waals surface area (Å²) in [5.41, 5.74) is -0.362. The molecular weight excluding hydrogens is 316 g/mol. The Balaban J connectivity index is 3.23. The van der Waals surface area contributed by atoms with Gasteiger partial charge in [0.15, 0.2) is 0 Å². The Morgan fingerprint density at radius 2 is 2.11 bits per heavy atom. The molecule has 1 rings (SSSR count). The van der Waals surface area contributed by atoms with Gasteiger partial charge in [-0.2, -0.15) is 8.78 Å². The fourth-order valence-electron chi connectivity index (χ4n) is 1.30. The van der Waals surface area contributed by atoms with Gasteiger partial charge in [-0.25, -0.2) is 0 Å². The van der Waals surface area contributed by atoms with Crippen LogP contribution in [0.4, 0.5) is 14.5 Å². The van der Waals surface area contributed by atoms with Crippen LogP contribution >= 0.6 is 15.9 Å². The number of hydrogen-bond donors (Lipinski definition) is 0. The highest BCUT2D eigenvalue weighted by molar-refractivity contribution is 9.09. The average molecular weight is 324 g/mol. The van der Waals surface area contributed by atoms with Crippen LogP contribution in [0.15, 0.2) is 18.2 Å². The summed E-state index contributed by atoms with van der Waals surface area (Å²) in [5, 5.41) is 10.8. The molecule has 0 spiro atoms. The van der Waals surface area contributed by atoms with E-state index in [-0.39, 0.29) is 22.8 Å². The number of nitrogens with zero attached hydrogens (tertiary/aromatic N) is 1. The molecule has 0 amide bonds. The Kier molecular flexibility index (Phi) is 4.71. The molecule has 1 aromatic rings. The Morgan fingerprint density at radius 1 is 1.50 bits per heavy atom. The zero-order chi connectivity index (χ0) is 13.9. The Hall–Kier alpha value is -1.57. The van der Waals surface area contributed by atoms with Gasteiger partial charge in [-0.3, -0.25) is 14.9 Å². The first-order valence-corrected chi connectivity index (χ1v) is 5.62. The van der Waals surface area contributed by atoms with E-state index in [1.807, 2.05) is 0 Å².